The van der Waals surface area contributed by atoms with E-state index in [0.717, 1.165) is 31.7 Å². The highest BCUT2D eigenvalue weighted by Crippen LogP contribution is 2.18. The fourth-order valence-electron chi connectivity index (χ4n) is 1.90. The highest BCUT2D eigenvalue weighted by Gasteiger charge is 2.18. The van der Waals surface area contributed by atoms with Gasteiger partial charge < -0.3 is 20.9 Å². The van der Waals surface area contributed by atoms with Gasteiger partial charge in [-0.3, -0.25) is 0 Å². The Morgan fingerprint density at radius 3 is 2.82 bits per heavy atom. The lowest BCUT2D eigenvalue weighted by Crippen LogP contribution is -2.36. The third kappa shape index (κ3) is 2.65. The molecule has 1 aromatic heterocycles. The summed E-state index contributed by atoms with van der Waals surface area (Å²) in [5, 5.41) is 21.0. The molecule has 1 aromatic rings. The topological polar surface area (TPSA) is 95.0 Å². The molecule has 0 unspecified atom stereocenters. The Hall–Kier alpha value is -1.82. The zero-order valence-electron chi connectivity index (χ0n) is 9.45. The van der Waals surface area contributed by atoms with Crippen molar-refractivity contribution < 1.29 is 10.3 Å². The van der Waals surface area contributed by atoms with Gasteiger partial charge in [0.15, 0.2) is 5.84 Å². The van der Waals surface area contributed by atoms with Gasteiger partial charge in [-0.25, -0.2) is 4.98 Å². The lowest BCUT2D eigenvalue weighted by atomic mass is 10.1. The quantitative estimate of drug-likeness (QED) is 0.294. The minimum Gasteiger partial charge on any atom is -0.409 e. The number of pyridine rings is 1. The monoisotopic (exact) mass is 236 g/mol. The first-order valence-electron chi connectivity index (χ1n) is 5.57. The summed E-state index contributed by atoms with van der Waals surface area (Å²) in [5.41, 5.74) is 6.17. The number of aliphatic hydroxyl groups excluding tert-OH is 1. The van der Waals surface area contributed by atoms with Crippen molar-refractivity contribution in [1.82, 2.24) is 4.98 Å². The molecule has 1 aliphatic rings. The lowest BCUT2D eigenvalue weighted by Gasteiger charge is -2.30. The summed E-state index contributed by atoms with van der Waals surface area (Å²) in [5.74, 6) is 0.867. The highest BCUT2D eigenvalue weighted by atomic mass is 16.4. The van der Waals surface area contributed by atoms with E-state index in [0.29, 0.717) is 5.56 Å². The Kier molecular flexibility index (Phi) is 3.43. The molecule has 0 spiro atoms. The van der Waals surface area contributed by atoms with Crippen molar-refractivity contribution in [2.45, 2.75) is 18.9 Å². The van der Waals surface area contributed by atoms with Crippen LogP contribution in [-0.2, 0) is 0 Å². The largest absolute Gasteiger partial charge is 0.409 e. The second kappa shape index (κ2) is 5.01. The van der Waals surface area contributed by atoms with Crippen LogP contribution in [0.5, 0.6) is 0 Å². The molecule has 1 saturated heterocycles. The standard InChI is InChI=1S/C11H16N4O2/c12-11(14-17)8-1-4-13-10(7-8)15-5-2-9(16)3-6-15/h1,4,7,9,16-17H,2-3,5-6H2,(H2,12,14). The molecule has 4 N–H and O–H groups in total. The third-order valence-corrected chi connectivity index (χ3v) is 2.94. The maximum atomic E-state index is 9.44. The Morgan fingerprint density at radius 2 is 2.18 bits per heavy atom. The van der Waals surface area contributed by atoms with E-state index in [2.05, 4.69) is 15.0 Å². The number of hydrogen-bond acceptors (Lipinski definition) is 5. The first-order chi connectivity index (χ1) is 8.20. The van der Waals surface area contributed by atoms with Gasteiger partial charge in [0.2, 0.25) is 0 Å². The number of amidine groups is 1. The highest BCUT2D eigenvalue weighted by molar-refractivity contribution is 5.97. The van der Waals surface area contributed by atoms with Gasteiger partial charge in [0.25, 0.3) is 0 Å². The number of hydrogen-bond donors (Lipinski definition) is 3. The molecule has 0 aliphatic carbocycles. The normalized spacial score (nSPS) is 18.4. The van der Waals surface area contributed by atoms with Crippen molar-refractivity contribution in [2.24, 2.45) is 10.9 Å². The van der Waals surface area contributed by atoms with Crippen LogP contribution >= 0.6 is 0 Å². The summed E-state index contributed by atoms with van der Waals surface area (Å²) >= 11 is 0. The van der Waals surface area contributed by atoms with Crippen LogP contribution in [0.15, 0.2) is 23.5 Å². The van der Waals surface area contributed by atoms with Crippen molar-refractivity contribution in [3.8, 4) is 0 Å². The molecule has 2 heterocycles. The van der Waals surface area contributed by atoms with Crippen LogP contribution < -0.4 is 10.6 Å². The number of rotatable bonds is 2. The van der Waals surface area contributed by atoms with E-state index in [1.807, 2.05) is 0 Å². The molecule has 1 fully saturated rings. The van der Waals surface area contributed by atoms with Gasteiger partial charge in [0, 0.05) is 24.8 Å². The molecule has 0 radical (unpaired) electrons. The summed E-state index contributed by atoms with van der Waals surface area (Å²) in [7, 11) is 0. The average Bonchev–Trinajstić information content (AvgIpc) is 2.39. The fraction of sp³-hybridized carbons (Fsp3) is 0.455. The summed E-state index contributed by atoms with van der Waals surface area (Å²) < 4.78 is 0. The van der Waals surface area contributed by atoms with Gasteiger partial charge in [0.1, 0.15) is 5.82 Å². The van der Waals surface area contributed by atoms with Crippen molar-refractivity contribution in [3.05, 3.63) is 23.9 Å². The fourth-order valence-corrected chi connectivity index (χ4v) is 1.90. The zero-order valence-corrected chi connectivity index (χ0v) is 9.45. The van der Waals surface area contributed by atoms with E-state index in [1.165, 1.54) is 0 Å². The summed E-state index contributed by atoms with van der Waals surface area (Å²) in [6.07, 6.45) is 2.91. The van der Waals surface area contributed by atoms with Gasteiger partial charge >= 0.3 is 0 Å². The first kappa shape index (κ1) is 11.7. The minimum atomic E-state index is -0.210. The van der Waals surface area contributed by atoms with E-state index < -0.39 is 0 Å². The van der Waals surface area contributed by atoms with Gasteiger partial charge in [0.05, 0.1) is 6.10 Å². The molecule has 0 amide bonds. The van der Waals surface area contributed by atoms with E-state index in [-0.39, 0.29) is 11.9 Å². The van der Waals surface area contributed by atoms with Crippen LogP contribution in [0.3, 0.4) is 0 Å². The number of nitrogens with two attached hydrogens (primary N) is 1. The van der Waals surface area contributed by atoms with Crippen molar-refractivity contribution >= 4 is 11.7 Å². The van der Waals surface area contributed by atoms with Crippen LogP contribution in [0.2, 0.25) is 0 Å². The molecule has 0 bridgehead atoms. The van der Waals surface area contributed by atoms with Crippen molar-refractivity contribution in [3.63, 3.8) is 0 Å². The SMILES string of the molecule is N/C(=N\O)c1ccnc(N2CCC(O)CC2)c1. The summed E-state index contributed by atoms with van der Waals surface area (Å²) in [6, 6.07) is 3.48. The molecule has 17 heavy (non-hydrogen) atoms. The summed E-state index contributed by atoms with van der Waals surface area (Å²) in [4.78, 5) is 6.34. The van der Waals surface area contributed by atoms with Gasteiger partial charge in [-0.2, -0.15) is 0 Å². The Morgan fingerprint density at radius 1 is 1.47 bits per heavy atom. The first-order valence-corrected chi connectivity index (χ1v) is 5.57. The molecular weight excluding hydrogens is 220 g/mol. The maximum Gasteiger partial charge on any atom is 0.170 e. The number of nitrogens with zero attached hydrogens (tertiary/aromatic N) is 3. The van der Waals surface area contributed by atoms with E-state index in [9.17, 15) is 5.11 Å². The predicted molar refractivity (Wildman–Crippen MR) is 64.2 cm³/mol. The van der Waals surface area contributed by atoms with Crippen LogP contribution in [0.1, 0.15) is 18.4 Å². The van der Waals surface area contributed by atoms with Crippen molar-refractivity contribution in [2.75, 3.05) is 18.0 Å². The van der Waals surface area contributed by atoms with Crippen LogP contribution in [0, 0.1) is 0 Å². The minimum absolute atomic E-state index is 0.0747. The molecule has 2 rings (SSSR count). The number of anilines is 1. The van der Waals surface area contributed by atoms with Gasteiger partial charge in [-0.1, -0.05) is 5.16 Å². The Bertz CT molecular complexity index is 414. The van der Waals surface area contributed by atoms with E-state index >= 15 is 0 Å². The Labute approximate surface area is 99.4 Å². The number of aliphatic hydroxyl groups is 1. The second-order valence-electron chi connectivity index (χ2n) is 4.11. The molecule has 92 valence electrons. The molecule has 6 nitrogen and oxygen atoms in total. The maximum absolute atomic E-state index is 9.44. The number of oxime groups is 1. The molecule has 1 aliphatic heterocycles. The summed E-state index contributed by atoms with van der Waals surface area (Å²) in [6.45, 7) is 1.54. The molecule has 0 atom stereocenters. The van der Waals surface area contributed by atoms with Gasteiger partial charge in [-0.15, -0.1) is 0 Å². The van der Waals surface area contributed by atoms with E-state index in [1.54, 1.807) is 18.3 Å². The number of aromatic nitrogens is 1. The predicted octanol–water partition coefficient (Wildman–Crippen LogP) is 0.137. The average molecular weight is 236 g/mol. The molecule has 0 aromatic carbocycles. The second-order valence-corrected chi connectivity index (χ2v) is 4.11. The molecule has 0 saturated carbocycles. The Balaban J connectivity index is 2.16. The van der Waals surface area contributed by atoms with Crippen LogP contribution in [0.25, 0.3) is 0 Å². The van der Waals surface area contributed by atoms with E-state index in [4.69, 9.17) is 10.9 Å². The molecular formula is C11H16N4O2. The molecule has 6 heteroatoms. The third-order valence-electron chi connectivity index (χ3n) is 2.94. The van der Waals surface area contributed by atoms with Crippen molar-refractivity contribution in [1.29, 1.82) is 0 Å². The smallest absolute Gasteiger partial charge is 0.170 e. The van der Waals surface area contributed by atoms with Gasteiger partial charge in [-0.05, 0) is 25.0 Å². The number of piperidine rings is 1. The zero-order chi connectivity index (χ0) is 12.3. The van der Waals surface area contributed by atoms with Crippen LogP contribution in [-0.4, -0.2) is 40.3 Å². The lowest BCUT2D eigenvalue weighted by molar-refractivity contribution is 0.145. The van der Waals surface area contributed by atoms with Crippen LogP contribution in [0.4, 0.5) is 5.82 Å².